The van der Waals surface area contributed by atoms with Crippen LogP contribution in [0.15, 0.2) is 60.7 Å². The monoisotopic (exact) mass is 340 g/mol. The fraction of sp³-hybridized carbons (Fsp3) is 0.286. The number of rotatable bonds is 5. The molecular weight excluding hydrogens is 319 g/mol. The molecule has 0 radical (unpaired) electrons. The third-order valence-corrected chi connectivity index (χ3v) is 4.62. The summed E-state index contributed by atoms with van der Waals surface area (Å²) in [6.45, 7) is 5.91. The molecule has 0 unspecified atom stereocenters. The molecule has 1 saturated carbocycles. The topological polar surface area (TPSA) is 35.5 Å². The molecule has 130 valence electrons. The minimum absolute atomic E-state index is 0.0624. The van der Waals surface area contributed by atoms with E-state index in [2.05, 4.69) is 6.58 Å². The third-order valence-electron chi connectivity index (χ3n) is 4.62. The molecule has 0 spiro atoms. The summed E-state index contributed by atoms with van der Waals surface area (Å²) in [5.74, 6) is -0.545. The van der Waals surface area contributed by atoms with Gasteiger partial charge in [-0.3, -0.25) is 0 Å². The molecule has 0 aromatic heterocycles. The predicted octanol–water partition coefficient (Wildman–Crippen LogP) is 5.31. The van der Waals surface area contributed by atoms with Crippen molar-refractivity contribution in [2.24, 2.45) is 0 Å². The molecule has 0 saturated heterocycles. The number of carbonyl (C=O) groups excluding carboxylic acids is 1. The van der Waals surface area contributed by atoms with Crippen LogP contribution in [0.3, 0.4) is 0 Å². The second-order valence-electron chi connectivity index (χ2n) is 6.43. The SMILES string of the molecule is C=C(C)C1(Oc2cc(C(=O)Oc3ccccc3)ccc2F)CCCC1. The van der Waals surface area contributed by atoms with Crippen LogP contribution in [0, 0.1) is 5.82 Å². The Morgan fingerprint density at radius 2 is 1.80 bits per heavy atom. The molecule has 0 bridgehead atoms. The van der Waals surface area contributed by atoms with Gasteiger partial charge in [0.2, 0.25) is 0 Å². The van der Waals surface area contributed by atoms with E-state index in [1.54, 1.807) is 24.3 Å². The van der Waals surface area contributed by atoms with Gasteiger partial charge in [0.15, 0.2) is 11.6 Å². The number of carbonyl (C=O) groups is 1. The van der Waals surface area contributed by atoms with Gasteiger partial charge in [-0.15, -0.1) is 0 Å². The summed E-state index contributed by atoms with van der Waals surface area (Å²) in [4.78, 5) is 12.3. The highest BCUT2D eigenvalue weighted by molar-refractivity contribution is 5.91. The van der Waals surface area contributed by atoms with Crippen molar-refractivity contribution in [2.45, 2.75) is 38.2 Å². The van der Waals surface area contributed by atoms with E-state index < -0.39 is 17.4 Å². The van der Waals surface area contributed by atoms with Crippen molar-refractivity contribution in [2.75, 3.05) is 0 Å². The zero-order valence-corrected chi connectivity index (χ0v) is 14.3. The van der Waals surface area contributed by atoms with Gasteiger partial charge >= 0.3 is 5.97 Å². The Hall–Kier alpha value is -2.62. The highest BCUT2D eigenvalue weighted by atomic mass is 19.1. The second-order valence-corrected chi connectivity index (χ2v) is 6.43. The molecule has 3 nitrogen and oxygen atoms in total. The van der Waals surface area contributed by atoms with E-state index in [-0.39, 0.29) is 11.3 Å². The van der Waals surface area contributed by atoms with E-state index in [1.807, 2.05) is 13.0 Å². The zero-order valence-electron chi connectivity index (χ0n) is 14.3. The van der Waals surface area contributed by atoms with Crippen LogP contribution in [0.2, 0.25) is 0 Å². The number of esters is 1. The number of ether oxygens (including phenoxy) is 2. The van der Waals surface area contributed by atoms with Crippen LogP contribution in [0.5, 0.6) is 11.5 Å². The Balaban J connectivity index is 1.83. The van der Waals surface area contributed by atoms with E-state index >= 15 is 0 Å². The lowest BCUT2D eigenvalue weighted by molar-refractivity contribution is 0.0731. The van der Waals surface area contributed by atoms with Crippen molar-refractivity contribution in [3.05, 3.63) is 72.1 Å². The quantitative estimate of drug-likeness (QED) is 0.420. The molecule has 0 heterocycles. The van der Waals surface area contributed by atoms with Crippen LogP contribution in [0.1, 0.15) is 43.0 Å². The molecule has 0 amide bonds. The normalized spacial score (nSPS) is 15.6. The van der Waals surface area contributed by atoms with E-state index in [4.69, 9.17) is 9.47 Å². The van der Waals surface area contributed by atoms with Crippen LogP contribution in [-0.4, -0.2) is 11.6 Å². The summed E-state index contributed by atoms with van der Waals surface area (Å²) in [6, 6.07) is 12.8. The molecule has 1 fully saturated rings. The standard InChI is InChI=1S/C21H21FO3/c1-15(2)21(12-6-7-13-21)25-19-14-16(10-11-18(19)22)20(23)24-17-8-4-3-5-9-17/h3-5,8-11,14H,1,6-7,12-13H2,2H3. The van der Waals surface area contributed by atoms with E-state index in [0.29, 0.717) is 5.75 Å². The highest BCUT2D eigenvalue weighted by Crippen LogP contribution is 2.40. The van der Waals surface area contributed by atoms with Gasteiger partial charge in [0.25, 0.3) is 0 Å². The van der Waals surface area contributed by atoms with Crippen molar-refractivity contribution >= 4 is 5.97 Å². The number of hydrogen-bond donors (Lipinski definition) is 0. The lowest BCUT2D eigenvalue weighted by atomic mass is 9.94. The maximum absolute atomic E-state index is 14.2. The number of halogens is 1. The van der Waals surface area contributed by atoms with Gasteiger partial charge in [-0.05, 0) is 68.5 Å². The van der Waals surface area contributed by atoms with Crippen LogP contribution in [0.25, 0.3) is 0 Å². The van der Waals surface area contributed by atoms with Crippen LogP contribution in [0.4, 0.5) is 4.39 Å². The summed E-state index contributed by atoms with van der Waals surface area (Å²) < 4.78 is 25.6. The minimum Gasteiger partial charge on any atom is -0.480 e. The van der Waals surface area contributed by atoms with E-state index in [1.165, 1.54) is 18.2 Å². The third kappa shape index (κ3) is 3.73. The Bertz CT molecular complexity index is 777. The molecule has 1 aliphatic carbocycles. The van der Waals surface area contributed by atoms with Gasteiger partial charge in [0, 0.05) is 0 Å². The van der Waals surface area contributed by atoms with Gasteiger partial charge in [-0.25, -0.2) is 9.18 Å². The molecule has 2 aromatic rings. The van der Waals surface area contributed by atoms with Crippen LogP contribution < -0.4 is 9.47 Å². The van der Waals surface area contributed by atoms with Gasteiger partial charge < -0.3 is 9.47 Å². The maximum Gasteiger partial charge on any atom is 0.343 e. The van der Waals surface area contributed by atoms with Gasteiger partial charge in [-0.1, -0.05) is 24.8 Å². The van der Waals surface area contributed by atoms with Gasteiger partial charge in [0.05, 0.1) is 5.56 Å². The highest BCUT2D eigenvalue weighted by Gasteiger charge is 2.37. The molecule has 1 aliphatic rings. The van der Waals surface area contributed by atoms with Crippen LogP contribution in [-0.2, 0) is 0 Å². The molecule has 0 atom stereocenters. The fourth-order valence-electron chi connectivity index (χ4n) is 3.14. The summed E-state index contributed by atoms with van der Waals surface area (Å²) in [5, 5.41) is 0. The Labute approximate surface area is 147 Å². The average molecular weight is 340 g/mol. The fourth-order valence-corrected chi connectivity index (χ4v) is 3.14. The lowest BCUT2D eigenvalue weighted by Crippen LogP contribution is -2.34. The summed E-state index contributed by atoms with van der Waals surface area (Å²) in [5.41, 5.74) is 0.569. The number of para-hydroxylation sites is 1. The van der Waals surface area contributed by atoms with Crippen LogP contribution >= 0.6 is 0 Å². The molecule has 4 heteroatoms. The van der Waals surface area contributed by atoms with Gasteiger partial charge in [0.1, 0.15) is 11.4 Å². The predicted molar refractivity (Wildman–Crippen MR) is 94.4 cm³/mol. The van der Waals surface area contributed by atoms with Gasteiger partial charge in [-0.2, -0.15) is 0 Å². The van der Waals surface area contributed by atoms with Crippen molar-refractivity contribution in [3.8, 4) is 11.5 Å². The largest absolute Gasteiger partial charge is 0.480 e. The maximum atomic E-state index is 14.2. The average Bonchev–Trinajstić information content (AvgIpc) is 3.08. The van der Waals surface area contributed by atoms with Crippen molar-refractivity contribution in [1.82, 2.24) is 0 Å². The van der Waals surface area contributed by atoms with E-state index in [9.17, 15) is 9.18 Å². The Kier molecular flexibility index (Phi) is 4.88. The zero-order chi connectivity index (χ0) is 17.9. The molecule has 2 aromatic carbocycles. The van der Waals surface area contributed by atoms with E-state index in [0.717, 1.165) is 31.3 Å². The van der Waals surface area contributed by atoms with Crippen molar-refractivity contribution in [1.29, 1.82) is 0 Å². The first kappa shape index (κ1) is 17.2. The lowest BCUT2D eigenvalue weighted by Gasteiger charge is -2.31. The first-order chi connectivity index (χ1) is 12.0. The Morgan fingerprint density at radius 1 is 1.12 bits per heavy atom. The molecule has 0 N–H and O–H groups in total. The first-order valence-corrected chi connectivity index (χ1v) is 8.42. The molecule has 3 rings (SSSR count). The number of hydrogen-bond acceptors (Lipinski definition) is 3. The Morgan fingerprint density at radius 3 is 2.44 bits per heavy atom. The molecule has 25 heavy (non-hydrogen) atoms. The first-order valence-electron chi connectivity index (χ1n) is 8.42. The molecular formula is C21H21FO3. The number of benzene rings is 2. The smallest absolute Gasteiger partial charge is 0.343 e. The molecule has 0 aliphatic heterocycles. The summed E-state index contributed by atoms with van der Waals surface area (Å²) >= 11 is 0. The minimum atomic E-state index is -0.553. The summed E-state index contributed by atoms with van der Waals surface area (Å²) in [7, 11) is 0. The van der Waals surface area contributed by atoms with Crippen molar-refractivity contribution < 1.29 is 18.7 Å². The second kappa shape index (κ2) is 7.09. The summed E-state index contributed by atoms with van der Waals surface area (Å²) in [6.07, 6.45) is 3.65. The van der Waals surface area contributed by atoms with Crippen molar-refractivity contribution in [3.63, 3.8) is 0 Å².